The van der Waals surface area contributed by atoms with E-state index in [0.717, 1.165) is 6.42 Å². The number of hydrogen-bond donors (Lipinski definition) is 2. The molecule has 0 saturated carbocycles. The van der Waals surface area contributed by atoms with Crippen molar-refractivity contribution in [1.82, 2.24) is 5.32 Å². The van der Waals surface area contributed by atoms with E-state index in [2.05, 4.69) is 10.6 Å². The first-order chi connectivity index (χ1) is 14.7. The van der Waals surface area contributed by atoms with Gasteiger partial charge in [-0.3, -0.25) is 10.1 Å². The first-order valence-corrected chi connectivity index (χ1v) is 10.2. The van der Waals surface area contributed by atoms with Crippen molar-refractivity contribution in [2.75, 3.05) is 18.5 Å². The van der Waals surface area contributed by atoms with E-state index in [0.29, 0.717) is 36.0 Å². The third kappa shape index (κ3) is 6.06. The number of hydrogen-bond acceptors (Lipinski definition) is 4. The molecule has 0 unspecified atom stereocenters. The van der Waals surface area contributed by atoms with Gasteiger partial charge in [0, 0.05) is 6.42 Å². The van der Waals surface area contributed by atoms with Gasteiger partial charge >= 0.3 is 0 Å². The molecule has 6 heteroatoms. The second-order valence-electron chi connectivity index (χ2n) is 6.42. The molecule has 3 aromatic rings. The van der Waals surface area contributed by atoms with Gasteiger partial charge < -0.3 is 14.8 Å². The number of para-hydroxylation sites is 3. The fourth-order valence-corrected chi connectivity index (χ4v) is 3.08. The van der Waals surface area contributed by atoms with E-state index in [1.807, 2.05) is 67.6 Å². The summed E-state index contributed by atoms with van der Waals surface area (Å²) in [6, 6.07) is 24.6. The van der Waals surface area contributed by atoms with Gasteiger partial charge in [-0.15, -0.1) is 0 Å². The molecule has 0 fully saturated rings. The van der Waals surface area contributed by atoms with Crippen molar-refractivity contribution < 1.29 is 14.3 Å². The molecular formula is C24H24N2O3S. The minimum Gasteiger partial charge on any atom is -0.492 e. The number of anilines is 1. The number of thiocarbonyl (C=S) groups is 1. The number of carbonyl (C=O) groups excluding carboxylic acids is 1. The fraction of sp³-hybridized carbons (Fsp3) is 0.167. The zero-order valence-corrected chi connectivity index (χ0v) is 17.6. The second kappa shape index (κ2) is 11.0. The lowest BCUT2D eigenvalue weighted by Crippen LogP contribution is -2.34. The highest BCUT2D eigenvalue weighted by Gasteiger charge is 2.14. The van der Waals surface area contributed by atoms with Gasteiger partial charge in [-0.1, -0.05) is 54.6 Å². The Morgan fingerprint density at radius 2 is 1.53 bits per heavy atom. The summed E-state index contributed by atoms with van der Waals surface area (Å²) in [7, 11) is 0. The van der Waals surface area contributed by atoms with Crippen molar-refractivity contribution in [3.05, 3.63) is 90.0 Å². The standard InChI is InChI=1S/C24H24N2O3S/c1-2-28-22-15-9-7-13-20(22)25-24(30)26-23(27)19-12-6-8-14-21(19)29-17-16-18-10-4-3-5-11-18/h3-15H,2,16-17H2,1H3,(H2,25,26,27,30). The van der Waals surface area contributed by atoms with Crippen LogP contribution in [0.15, 0.2) is 78.9 Å². The molecule has 3 rings (SSSR count). The van der Waals surface area contributed by atoms with Crippen molar-refractivity contribution >= 4 is 28.9 Å². The quantitative estimate of drug-likeness (QED) is 0.511. The third-order valence-corrected chi connectivity index (χ3v) is 4.49. The molecule has 0 aliphatic heterocycles. The van der Waals surface area contributed by atoms with Crippen LogP contribution in [-0.2, 0) is 6.42 Å². The summed E-state index contributed by atoms with van der Waals surface area (Å²) >= 11 is 5.31. The number of carbonyl (C=O) groups is 1. The molecule has 0 atom stereocenters. The smallest absolute Gasteiger partial charge is 0.261 e. The molecule has 0 aromatic heterocycles. The summed E-state index contributed by atoms with van der Waals surface area (Å²) in [6.45, 7) is 2.91. The lowest BCUT2D eigenvalue weighted by Gasteiger charge is -2.15. The van der Waals surface area contributed by atoms with E-state index >= 15 is 0 Å². The molecule has 1 amide bonds. The van der Waals surface area contributed by atoms with E-state index in [9.17, 15) is 4.79 Å². The lowest BCUT2D eigenvalue weighted by molar-refractivity contribution is 0.0974. The van der Waals surface area contributed by atoms with Crippen LogP contribution in [-0.4, -0.2) is 24.2 Å². The first kappa shape index (κ1) is 21.3. The molecule has 0 spiro atoms. The average Bonchev–Trinajstić information content (AvgIpc) is 2.76. The largest absolute Gasteiger partial charge is 0.492 e. The van der Waals surface area contributed by atoms with Crippen molar-refractivity contribution in [2.45, 2.75) is 13.3 Å². The summed E-state index contributed by atoms with van der Waals surface area (Å²) in [6.07, 6.45) is 0.755. The van der Waals surface area contributed by atoms with Gasteiger partial charge in [-0.2, -0.15) is 0 Å². The SMILES string of the molecule is CCOc1ccccc1NC(=S)NC(=O)c1ccccc1OCCc1ccccc1. The predicted octanol–water partition coefficient (Wildman–Crippen LogP) is 4.83. The average molecular weight is 421 g/mol. The van der Waals surface area contributed by atoms with Gasteiger partial charge in [-0.05, 0) is 49.0 Å². The minimum atomic E-state index is -0.336. The van der Waals surface area contributed by atoms with Gasteiger partial charge in [0.1, 0.15) is 11.5 Å². The van der Waals surface area contributed by atoms with Crippen molar-refractivity contribution in [2.24, 2.45) is 0 Å². The molecule has 0 aliphatic carbocycles. The number of benzene rings is 3. The molecule has 0 radical (unpaired) electrons. The fourth-order valence-electron chi connectivity index (χ4n) is 2.88. The van der Waals surface area contributed by atoms with Gasteiger partial charge in [0.2, 0.25) is 0 Å². The highest BCUT2D eigenvalue weighted by molar-refractivity contribution is 7.80. The van der Waals surface area contributed by atoms with E-state index in [1.54, 1.807) is 18.2 Å². The summed E-state index contributed by atoms with van der Waals surface area (Å²) in [5.74, 6) is 0.849. The van der Waals surface area contributed by atoms with Gasteiger partial charge in [0.25, 0.3) is 5.91 Å². The van der Waals surface area contributed by atoms with Crippen LogP contribution in [0.5, 0.6) is 11.5 Å². The predicted molar refractivity (Wildman–Crippen MR) is 123 cm³/mol. The molecule has 0 saturated heterocycles. The van der Waals surface area contributed by atoms with E-state index in [1.165, 1.54) is 5.56 Å². The van der Waals surface area contributed by atoms with Gasteiger partial charge in [0.05, 0.1) is 24.5 Å². The van der Waals surface area contributed by atoms with E-state index < -0.39 is 0 Å². The van der Waals surface area contributed by atoms with E-state index in [-0.39, 0.29) is 11.0 Å². The molecule has 2 N–H and O–H groups in total. The Morgan fingerprint density at radius 3 is 2.30 bits per heavy atom. The highest BCUT2D eigenvalue weighted by atomic mass is 32.1. The topological polar surface area (TPSA) is 59.6 Å². The van der Waals surface area contributed by atoms with Crippen LogP contribution in [0.4, 0.5) is 5.69 Å². The Kier molecular flexibility index (Phi) is 7.80. The minimum absolute atomic E-state index is 0.186. The van der Waals surface area contributed by atoms with Crippen LogP contribution < -0.4 is 20.1 Å². The molecule has 3 aromatic carbocycles. The number of nitrogens with one attached hydrogen (secondary N) is 2. The Balaban J connectivity index is 1.60. The van der Waals surface area contributed by atoms with Crippen LogP contribution in [0.3, 0.4) is 0 Å². The Morgan fingerprint density at radius 1 is 0.867 bits per heavy atom. The highest BCUT2D eigenvalue weighted by Crippen LogP contribution is 2.24. The maximum atomic E-state index is 12.8. The lowest BCUT2D eigenvalue weighted by atomic mass is 10.1. The first-order valence-electron chi connectivity index (χ1n) is 9.77. The van der Waals surface area contributed by atoms with Gasteiger partial charge in [0.15, 0.2) is 5.11 Å². The number of ether oxygens (including phenoxy) is 2. The molecule has 0 bridgehead atoms. The molecule has 0 aliphatic rings. The molecular weight excluding hydrogens is 396 g/mol. The maximum Gasteiger partial charge on any atom is 0.261 e. The Hall–Kier alpha value is -3.38. The van der Waals surface area contributed by atoms with Crippen LogP contribution >= 0.6 is 12.2 Å². The van der Waals surface area contributed by atoms with Crippen molar-refractivity contribution in [1.29, 1.82) is 0 Å². The Labute approximate surface area is 182 Å². The number of rotatable bonds is 8. The summed E-state index contributed by atoms with van der Waals surface area (Å²) in [4.78, 5) is 12.8. The zero-order valence-electron chi connectivity index (χ0n) is 16.8. The van der Waals surface area contributed by atoms with Crippen LogP contribution in [0, 0.1) is 0 Å². The van der Waals surface area contributed by atoms with E-state index in [4.69, 9.17) is 21.7 Å². The Bertz CT molecular complexity index is 993. The van der Waals surface area contributed by atoms with Gasteiger partial charge in [-0.25, -0.2) is 0 Å². The zero-order chi connectivity index (χ0) is 21.2. The molecule has 154 valence electrons. The molecule has 5 nitrogen and oxygen atoms in total. The monoisotopic (exact) mass is 420 g/mol. The van der Waals surface area contributed by atoms with Crippen LogP contribution in [0.1, 0.15) is 22.8 Å². The summed E-state index contributed by atoms with van der Waals surface area (Å²) in [5, 5.41) is 5.91. The molecule has 0 heterocycles. The number of amides is 1. The van der Waals surface area contributed by atoms with Crippen molar-refractivity contribution in [3.63, 3.8) is 0 Å². The van der Waals surface area contributed by atoms with Crippen LogP contribution in [0.25, 0.3) is 0 Å². The maximum absolute atomic E-state index is 12.8. The third-order valence-electron chi connectivity index (χ3n) is 4.28. The normalized spacial score (nSPS) is 10.2. The summed E-state index contributed by atoms with van der Waals surface area (Å²) < 4.78 is 11.4. The second-order valence-corrected chi connectivity index (χ2v) is 6.83. The molecule has 30 heavy (non-hydrogen) atoms. The van der Waals surface area contributed by atoms with Crippen LogP contribution in [0.2, 0.25) is 0 Å². The summed E-state index contributed by atoms with van der Waals surface area (Å²) in [5.41, 5.74) is 2.29. The van der Waals surface area contributed by atoms with Crippen molar-refractivity contribution in [3.8, 4) is 11.5 Å².